The van der Waals surface area contributed by atoms with E-state index < -0.39 is 0 Å². The first-order valence-corrected chi connectivity index (χ1v) is 50.1. The lowest BCUT2D eigenvalue weighted by Crippen LogP contribution is -2.36. The number of halogens is 2. The Balaban J connectivity index is 0.000000307. The summed E-state index contributed by atoms with van der Waals surface area (Å²) in [7, 11) is 0. The highest BCUT2D eigenvalue weighted by atomic mass is 79.9. The minimum atomic E-state index is -0.261. The molecular formula is C100H152BrClN18O5S5. The first-order valence-electron chi connectivity index (χ1n) is 44.8. The lowest BCUT2D eigenvalue weighted by Gasteiger charge is -2.28. The van der Waals surface area contributed by atoms with E-state index in [2.05, 4.69) is 364 Å². The zero-order chi connectivity index (χ0) is 98.3. The van der Waals surface area contributed by atoms with Gasteiger partial charge in [-0.05, 0) is 168 Å². The fraction of sp³-hybridized carbons (Fsp3) is 0.570. The highest BCUT2D eigenvalue weighted by Gasteiger charge is 2.27. The third-order valence-electron chi connectivity index (χ3n) is 19.7. The molecule has 23 nitrogen and oxygen atoms in total. The Bertz CT molecular complexity index is 5100. The SMILES string of the molecule is CC(=O)Nc1ncc(C(C)(C)C)s1.CC(C)(C)c1ccc(N2CCOCC2)nc1.CC(C)(C)c1cnc(Cl)nc1.CC(C)(C)c1ncc(-c2cnco2)s1.CCN(CC)c1cncc(C(C)(C)C)c1.CCN(CC)c1ncc(C(C)(C)C)cc1Br.CCN(CC)c1ncc(C(C)(C)C)cn1.CCOC(=O)c1sc(C(C)(C)C)nc1C.Cc1nc(-c2cnc(C(C)(C)C)s2)cs1. The highest BCUT2D eigenvalue weighted by molar-refractivity contribution is 9.10. The Morgan fingerprint density at radius 1 is 0.485 bits per heavy atom. The topological polar surface area (TPSA) is 258 Å². The number of thiazole rings is 5. The van der Waals surface area contributed by atoms with Crippen LogP contribution in [-0.4, -0.2) is 149 Å². The summed E-state index contributed by atoms with van der Waals surface area (Å²) in [5, 5.41) is 10.1. The number of rotatable bonds is 15. The van der Waals surface area contributed by atoms with Gasteiger partial charge in [0, 0.05) is 148 Å². The van der Waals surface area contributed by atoms with Gasteiger partial charge < -0.3 is 38.8 Å². The molecule has 0 atom stereocenters. The molecule has 1 saturated heterocycles. The maximum Gasteiger partial charge on any atom is 0.350 e. The molecule has 0 bridgehead atoms. The Labute approximate surface area is 813 Å². The van der Waals surface area contributed by atoms with Crippen LogP contribution in [0.4, 0.5) is 28.4 Å². The van der Waals surface area contributed by atoms with Gasteiger partial charge >= 0.3 is 5.97 Å². The van der Waals surface area contributed by atoms with Crippen LogP contribution in [0.3, 0.4) is 0 Å². The van der Waals surface area contributed by atoms with Crippen molar-refractivity contribution in [3.8, 4) is 21.2 Å². The van der Waals surface area contributed by atoms with E-state index in [1.165, 1.54) is 78.7 Å². The van der Waals surface area contributed by atoms with Crippen molar-refractivity contribution in [2.45, 2.75) is 305 Å². The number of amides is 1. The number of pyridine rings is 3. The number of aryl methyl sites for hydroxylation is 2. The number of carbonyl (C=O) groups is 2. The summed E-state index contributed by atoms with van der Waals surface area (Å²) in [5.41, 5.74) is 10.2. The van der Waals surface area contributed by atoms with Gasteiger partial charge in [0.2, 0.25) is 17.1 Å². The van der Waals surface area contributed by atoms with Gasteiger partial charge in [-0.25, -0.2) is 64.6 Å². The number of aromatic nitrogens is 13. The number of morpholine rings is 1. The zero-order valence-corrected chi connectivity index (χ0v) is 91.5. The second-order valence-corrected chi connectivity index (χ2v) is 46.6. The number of ether oxygens (including phenoxy) is 2. The number of oxazole rings is 1. The van der Waals surface area contributed by atoms with Crippen molar-refractivity contribution in [3.63, 3.8) is 0 Å². The Hall–Kier alpha value is -8.16. The molecule has 12 heterocycles. The molecule has 11 aromatic rings. The monoisotopic (exact) mass is 1960 g/mol. The zero-order valence-electron chi connectivity index (χ0n) is 85.1. The average Bonchev–Trinajstić information content (AvgIpc) is 1.71. The Morgan fingerprint density at radius 3 is 1.38 bits per heavy atom. The van der Waals surface area contributed by atoms with E-state index in [0.29, 0.717) is 21.9 Å². The van der Waals surface area contributed by atoms with Crippen LogP contribution in [0.15, 0.2) is 119 Å². The molecule has 130 heavy (non-hydrogen) atoms. The summed E-state index contributed by atoms with van der Waals surface area (Å²) < 4.78 is 16.6. The molecule has 1 amide bonds. The minimum absolute atomic E-state index is 0.0137. The molecule has 12 rings (SSSR count). The van der Waals surface area contributed by atoms with Gasteiger partial charge in [0.25, 0.3) is 0 Å². The molecule has 0 aliphatic carbocycles. The molecule has 30 heteroatoms. The van der Waals surface area contributed by atoms with Crippen molar-refractivity contribution >= 4 is 124 Å². The number of esters is 1. The van der Waals surface area contributed by atoms with E-state index in [-0.39, 0.29) is 60.6 Å². The summed E-state index contributed by atoms with van der Waals surface area (Å²) >= 11 is 17.2. The summed E-state index contributed by atoms with van der Waals surface area (Å²) in [6.07, 6.45) is 24.0. The number of nitrogens with one attached hydrogen (secondary N) is 1. The van der Waals surface area contributed by atoms with Crippen molar-refractivity contribution < 1.29 is 23.5 Å². The van der Waals surface area contributed by atoms with Gasteiger partial charge in [-0.15, -0.1) is 56.7 Å². The van der Waals surface area contributed by atoms with Gasteiger partial charge in [0.15, 0.2) is 17.3 Å². The summed E-state index contributed by atoms with van der Waals surface area (Å²) in [6, 6.07) is 8.73. The van der Waals surface area contributed by atoms with Crippen molar-refractivity contribution in [2.75, 3.05) is 97.1 Å². The predicted molar refractivity (Wildman–Crippen MR) is 556 cm³/mol. The molecule has 0 aromatic carbocycles. The first-order chi connectivity index (χ1) is 60.2. The summed E-state index contributed by atoms with van der Waals surface area (Å²) in [5.74, 6) is 3.39. The van der Waals surface area contributed by atoms with E-state index in [4.69, 9.17) is 25.5 Å². The molecule has 0 unspecified atom stereocenters. The van der Waals surface area contributed by atoms with Crippen LogP contribution in [-0.2, 0) is 63.0 Å². The average molecular weight is 1960 g/mol. The maximum atomic E-state index is 11.6. The molecule has 1 aliphatic heterocycles. The molecular weight excluding hydrogens is 1810 g/mol. The van der Waals surface area contributed by atoms with E-state index in [1.54, 1.807) is 59.5 Å². The van der Waals surface area contributed by atoms with Crippen molar-refractivity contribution in [2.24, 2.45) is 0 Å². The molecule has 716 valence electrons. The predicted octanol–water partition coefficient (Wildman–Crippen LogP) is 26.8. The van der Waals surface area contributed by atoms with Gasteiger partial charge in [-0.2, -0.15) is 0 Å². The molecule has 1 N–H and O–H groups in total. The van der Waals surface area contributed by atoms with Crippen molar-refractivity contribution in [1.82, 2.24) is 64.8 Å². The quantitative estimate of drug-likeness (QED) is 0.0739. The number of nitrogens with zero attached hydrogens (tertiary/aromatic N) is 17. The van der Waals surface area contributed by atoms with Crippen LogP contribution in [0.5, 0.6) is 0 Å². The maximum absolute atomic E-state index is 11.6. The van der Waals surface area contributed by atoms with Gasteiger partial charge in [0.05, 0.1) is 83.5 Å². The van der Waals surface area contributed by atoms with E-state index in [9.17, 15) is 9.59 Å². The van der Waals surface area contributed by atoms with E-state index in [1.807, 2.05) is 69.6 Å². The smallest absolute Gasteiger partial charge is 0.350 e. The van der Waals surface area contributed by atoms with Crippen LogP contribution in [0.2, 0.25) is 5.28 Å². The number of carbonyl (C=O) groups excluding carboxylic acids is 2. The van der Waals surface area contributed by atoms with Crippen molar-refractivity contribution in [1.29, 1.82) is 0 Å². The summed E-state index contributed by atoms with van der Waals surface area (Å²) in [6.45, 7) is 88.2. The van der Waals surface area contributed by atoms with Gasteiger partial charge in [-0.1, -0.05) is 193 Å². The van der Waals surface area contributed by atoms with Crippen LogP contribution in [0, 0.1) is 13.8 Å². The van der Waals surface area contributed by atoms with Crippen LogP contribution in [0.25, 0.3) is 21.2 Å². The Kier molecular flexibility index (Phi) is 45.1. The lowest BCUT2D eigenvalue weighted by atomic mass is 9.88. The number of hydrogen-bond donors (Lipinski definition) is 1. The van der Waals surface area contributed by atoms with Gasteiger partial charge in [0.1, 0.15) is 16.5 Å². The molecule has 1 aliphatic rings. The second-order valence-electron chi connectivity index (χ2n) is 40.3. The summed E-state index contributed by atoms with van der Waals surface area (Å²) in [4.78, 5) is 91.0. The molecule has 0 radical (unpaired) electrons. The Morgan fingerprint density at radius 2 is 0.969 bits per heavy atom. The van der Waals surface area contributed by atoms with Crippen LogP contribution >= 0.6 is 84.2 Å². The number of anilines is 5. The normalized spacial score (nSPS) is 12.4. The molecule has 11 aromatic heterocycles. The minimum Gasteiger partial charge on any atom is -0.462 e. The standard InChI is InChI=1S/C13H21BrN2.C13H20N2O.C13H22N2.C12H21N3.C11H14N2S2.C11H17NO2S.C10H12N2OS.C9H14N2OS.C8H11ClN2/c1-6-16(7-2)12-11(14)8-10(9-15-12)13(3,4)5;1-13(2,3)11-4-5-12(14-10-11)15-6-8-16-9-7-15;1-6-15(7-2)12-8-11(9-14-10-12)13(3,4)5;1-6-15(7-2)11-13-8-10(9-14-11)12(3,4)5;1-7-13-8(6-14-7)9-5-12-10(15-9)11(2,3)4;1-6-14-9(13)8-7(2)12-10(15-8)11(3,4)5;1-10(2,3)9-12-5-8(14-9)7-4-11-6-13-7;1-6(12)11-8-10-5-7(13-8)9(2,3)4;1-8(2,3)6-4-10-7(9)11-5-6/h8-9H,6-7H2,1-5H3;4-5,10H,6-9H2,1-3H3;8-10H,6-7H2,1-5H3;8-9H,6-7H2,1-5H3;5-6H,1-4H3;6H2,1-5H3;4-6H,1-3H3;5H,1-4H3,(H,10,11,12);4-5H,1-3H3. The molecule has 1 fully saturated rings. The van der Waals surface area contributed by atoms with Crippen LogP contribution in [0.1, 0.15) is 310 Å². The van der Waals surface area contributed by atoms with Crippen LogP contribution < -0.4 is 24.9 Å². The fourth-order valence-electron chi connectivity index (χ4n) is 11.3. The van der Waals surface area contributed by atoms with Gasteiger partial charge in [-0.3, -0.25) is 9.78 Å². The number of hydrogen-bond acceptors (Lipinski definition) is 27. The highest BCUT2D eigenvalue weighted by Crippen LogP contribution is 2.38. The van der Waals surface area contributed by atoms with Crippen molar-refractivity contribution in [3.05, 3.63) is 183 Å². The van der Waals surface area contributed by atoms with E-state index in [0.717, 1.165) is 130 Å². The molecule has 0 spiro atoms. The lowest BCUT2D eigenvalue weighted by molar-refractivity contribution is -0.114. The second kappa shape index (κ2) is 51.3. The molecule has 0 saturated carbocycles. The fourth-order valence-corrected chi connectivity index (χ4v) is 16.5. The van der Waals surface area contributed by atoms with E-state index >= 15 is 0 Å². The third kappa shape index (κ3) is 38.8. The first kappa shape index (κ1) is 114. The third-order valence-corrected chi connectivity index (χ3v) is 27.1. The largest absolute Gasteiger partial charge is 0.462 e.